The van der Waals surface area contributed by atoms with Crippen molar-refractivity contribution in [2.45, 2.75) is 0 Å². The molecule has 7 heteroatoms. The number of rotatable bonds is 0. The van der Waals surface area contributed by atoms with Crippen LogP contribution in [0.15, 0.2) is 0 Å². The standard InChI is InChI=1S/C6HCl5O.Li/c7-1-2(8)4(10)6(12)5(11)3(1)9;/h12H;/q;+1/p-1. The second-order valence-electron chi connectivity index (χ2n) is 1.90. The van der Waals surface area contributed by atoms with Crippen molar-refractivity contribution in [3.05, 3.63) is 25.1 Å². The van der Waals surface area contributed by atoms with E-state index in [1.165, 1.54) is 0 Å². The van der Waals surface area contributed by atoms with Gasteiger partial charge in [-0.25, -0.2) is 0 Å². The molecular formula is C6Cl5LiO. The second kappa shape index (κ2) is 5.23. The number of hydrogen-bond acceptors (Lipinski definition) is 1. The van der Waals surface area contributed by atoms with Crippen LogP contribution in [-0.4, -0.2) is 0 Å². The zero-order valence-corrected chi connectivity index (χ0v) is 10.1. The van der Waals surface area contributed by atoms with Crippen molar-refractivity contribution in [3.63, 3.8) is 0 Å². The van der Waals surface area contributed by atoms with Crippen LogP contribution in [0.2, 0.25) is 25.1 Å². The molecule has 0 aromatic heterocycles. The summed E-state index contributed by atoms with van der Waals surface area (Å²) in [7, 11) is 0. The summed E-state index contributed by atoms with van der Waals surface area (Å²) in [5.74, 6) is -0.613. The van der Waals surface area contributed by atoms with Gasteiger partial charge in [0.15, 0.2) is 0 Å². The van der Waals surface area contributed by atoms with Crippen LogP contribution >= 0.6 is 58.0 Å². The molecule has 0 unspecified atom stereocenters. The summed E-state index contributed by atoms with van der Waals surface area (Å²) in [5.41, 5.74) is 0. The zero-order valence-electron chi connectivity index (χ0n) is 6.30. The maximum absolute atomic E-state index is 11.1. The van der Waals surface area contributed by atoms with E-state index >= 15 is 0 Å². The molecule has 0 amide bonds. The first kappa shape index (κ1) is 14.1. The predicted octanol–water partition coefficient (Wildman–Crippen LogP) is 1.03. The van der Waals surface area contributed by atoms with Crippen molar-refractivity contribution in [2.75, 3.05) is 0 Å². The minimum atomic E-state index is -0.613. The van der Waals surface area contributed by atoms with E-state index in [-0.39, 0.29) is 44.0 Å². The summed E-state index contributed by atoms with van der Waals surface area (Å²) < 4.78 is 0. The van der Waals surface area contributed by atoms with Gasteiger partial charge in [-0.05, 0) is 0 Å². The van der Waals surface area contributed by atoms with Crippen LogP contribution in [0.5, 0.6) is 5.75 Å². The Morgan fingerprint density at radius 2 is 0.846 bits per heavy atom. The van der Waals surface area contributed by atoms with Gasteiger partial charge in [-0.2, -0.15) is 0 Å². The van der Waals surface area contributed by atoms with E-state index in [1.807, 2.05) is 0 Å². The van der Waals surface area contributed by atoms with Gasteiger partial charge in [0.2, 0.25) is 0 Å². The quantitative estimate of drug-likeness (QED) is 0.393. The molecule has 1 rings (SSSR count). The molecule has 0 atom stereocenters. The zero-order chi connectivity index (χ0) is 9.46. The minimum absolute atomic E-state index is 0. The van der Waals surface area contributed by atoms with E-state index in [2.05, 4.69) is 0 Å². The molecule has 0 saturated heterocycles. The van der Waals surface area contributed by atoms with Crippen molar-refractivity contribution < 1.29 is 24.0 Å². The minimum Gasteiger partial charge on any atom is -0.870 e. The molecule has 1 aromatic rings. The maximum atomic E-state index is 11.1. The van der Waals surface area contributed by atoms with Gasteiger partial charge in [0.1, 0.15) is 0 Å². The van der Waals surface area contributed by atoms with Gasteiger partial charge in [-0.1, -0.05) is 63.8 Å². The van der Waals surface area contributed by atoms with Crippen molar-refractivity contribution in [3.8, 4) is 5.75 Å². The number of hydrogen-bond donors (Lipinski definition) is 0. The first-order valence-electron chi connectivity index (χ1n) is 2.65. The predicted molar refractivity (Wildman–Crippen MR) is 50.9 cm³/mol. The van der Waals surface area contributed by atoms with Gasteiger partial charge in [0.05, 0.1) is 25.1 Å². The average Bonchev–Trinajstić information content (AvgIpc) is 2.08. The van der Waals surface area contributed by atoms with E-state index in [0.717, 1.165) is 0 Å². The summed E-state index contributed by atoms with van der Waals surface area (Å²) in [5, 5.41) is 10.5. The Morgan fingerprint density at radius 3 is 1.15 bits per heavy atom. The normalized spacial score (nSPS) is 9.62. The molecule has 0 radical (unpaired) electrons. The monoisotopic (exact) mass is 270 g/mol. The largest absolute Gasteiger partial charge is 1.00 e. The third-order valence-electron chi connectivity index (χ3n) is 1.17. The Hall–Kier alpha value is 1.07. The third-order valence-corrected chi connectivity index (χ3v) is 3.41. The van der Waals surface area contributed by atoms with Gasteiger partial charge in [0.25, 0.3) is 0 Å². The summed E-state index contributed by atoms with van der Waals surface area (Å²) >= 11 is 27.7. The summed E-state index contributed by atoms with van der Waals surface area (Å²) in [6, 6.07) is 0. The van der Waals surface area contributed by atoms with Crippen molar-refractivity contribution in [1.82, 2.24) is 0 Å². The molecule has 0 bridgehead atoms. The molecule has 0 heterocycles. The van der Waals surface area contributed by atoms with Crippen LogP contribution < -0.4 is 24.0 Å². The first-order chi connectivity index (χ1) is 5.46. The Morgan fingerprint density at radius 1 is 0.615 bits per heavy atom. The van der Waals surface area contributed by atoms with Crippen molar-refractivity contribution >= 4 is 58.0 Å². The SMILES string of the molecule is [Li+].[O-]c1c(Cl)c(Cl)c(Cl)c(Cl)c1Cl. The van der Waals surface area contributed by atoms with Crippen molar-refractivity contribution in [1.29, 1.82) is 0 Å². The molecule has 0 aliphatic carbocycles. The van der Waals surface area contributed by atoms with Crippen molar-refractivity contribution in [2.24, 2.45) is 0 Å². The summed E-state index contributed by atoms with van der Waals surface area (Å²) in [4.78, 5) is 0. The van der Waals surface area contributed by atoms with Gasteiger partial charge in [0, 0.05) is 0 Å². The Kier molecular flexibility index (Phi) is 5.66. The average molecular weight is 272 g/mol. The van der Waals surface area contributed by atoms with E-state index in [0.29, 0.717) is 0 Å². The molecule has 0 spiro atoms. The smallest absolute Gasteiger partial charge is 0.870 e. The molecule has 0 aliphatic rings. The van der Waals surface area contributed by atoms with Gasteiger partial charge in [-0.15, -0.1) is 0 Å². The summed E-state index contributed by atoms with van der Waals surface area (Å²) in [6.07, 6.45) is 0. The van der Waals surface area contributed by atoms with Crippen LogP contribution in [0, 0.1) is 0 Å². The van der Waals surface area contributed by atoms with E-state index in [9.17, 15) is 5.11 Å². The van der Waals surface area contributed by atoms with E-state index in [4.69, 9.17) is 58.0 Å². The fourth-order valence-corrected chi connectivity index (χ4v) is 1.71. The topological polar surface area (TPSA) is 23.1 Å². The Labute approximate surface area is 112 Å². The second-order valence-corrected chi connectivity index (χ2v) is 3.79. The van der Waals surface area contributed by atoms with Gasteiger partial charge in [-0.3, -0.25) is 0 Å². The molecule has 0 N–H and O–H groups in total. The molecule has 0 saturated carbocycles. The third kappa shape index (κ3) is 2.55. The summed E-state index contributed by atoms with van der Waals surface area (Å²) in [6.45, 7) is 0. The van der Waals surface area contributed by atoms with Crippen LogP contribution in [0.25, 0.3) is 0 Å². The molecule has 1 nitrogen and oxygen atoms in total. The molecule has 0 aliphatic heterocycles. The Bertz CT molecular complexity index is 235. The van der Waals surface area contributed by atoms with Crippen LogP contribution in [0.4, 0.5) is 0 Å². The van der Waals surface area contributed by atoms with E-state index in [1.54, 1.807) is 0 Å². The van der Waals surface area contributed by atoms with Crippen LogP contribution in [0.3, 0.4) is 0 Å². The fourth-order valence-electron chi connectivity index (χ4n) is 0.585. The van der Waals surface area contributed by atoms with Crippen LogP contribution in [0.1, 0.15) is 0 Å². The number of halogens is 5. The maximum Gasteiger partial charge on any atom is 1.00 e. The van der Waals surface area contributed by atoms with Gasteiger partial charge >= 0.3 is 18.9 Å². The molecular weight excluding hydrogens is 272 g/mol. The molecule has 66 valence electrons. The fraction of sp³-hybridized carbons (Fsp3) is 0. The van der Waals surface area contributed by atoms with Gasteiger partial charge < -0.3 is 5.11 Å². The van der Waals surface area contributed by atoms with Crippen LogP contribution in [-0.2, 0) is 0 Å². The Balaban J connectivity index is 0.00000144. The molecule has 0 fully saturated rings. The van der Waals surface area contributed by atoms with E-state index < -0.39 is 5.75 Å². The molecule has 13 heavy (non-hydrogen) atoms. The first-order valence-corrected chi connectivity index (χ1v) is 4.54. The molecule has 1 aromatic carbocycles. The number of benzene rings is 1.